The first-order chi connectivity index (χ1) is 8.29. The van der Waals surface area contributed by atoms with E-state index in [1.165, 1.54) is 12.1 Å². The quantitative estimate of drug-likeness (QED) is 0.861. The van der Waals surface area contributed by atoms with Crippen LogP contribution in [-0.4, -0.2) is 35.6 Å². The van der Waals surface area contributed by atoms with Crippen molar-refractivity contribution in [1.29, 1.82) is 0 Å². The number of nitrogens with one attached hydrogen (secondary N) is 1. The highest BCUT2D eigenvalue weighted by atomic mass is 15.2. The summed E-state index contributed by atoms with van der Waals surface area (Å²) >= 11 is 0. The number of hydrogen-bond acceptors (Lipinski definition) is 3. The molecular weight excluding hydrogens is 210 g/mol. The fraction of sp³-hybridized carbons (Fsp3) is 0.643. The lowest BCUT2D eigenvalue weighted by atomic mass is 9.97. The summed E-state index contributed by atoms with van der Waals surface area (Å²) in [5, 5.41) is 3.62. The Hall–Kier alpha value is -0.930. The molecule has 1 aromatic heterocycles. The largest absolute Gasteiger partial charge is 0.311 e. The summed E-state index contributed by atoms with van der Waals surface area (Å²) in [6.45, 7) is 8.96. The van der Waals surface area contributed by atoms with Crippen molar-refractivity contribution in [2.75, 3.05) is 19.6 Å². The summed E-state index contributed by atoms with van der Waals surface area (Å²) in [5.74, 6) is 0.751. The molecule has 0 amide bonds. The van der Waals surface area contributed by atoms with Gasteiger partial charge in [-0.2, -0.15) is 0 Å². The van der Waals surface area contributed by atoms with Gasteiger partial charge >= 0.3 is 0 Å². The second kappa shape index (κ2) is 6.12. The van der Waals surface area contributed by atoms with E-state index < -0.39 is 0 Å². The highest BCUT2D eigenvalue weighted by molar-refractivity contribution is 5.03. The molecule has 1 saturated heterocycles. The van der Waals surface area contributed by atoms with Gasteiger partial charge in [-0.1, -0.05) is 26.3 Å². The van der Waals surface area contributed by atoms with E-state index in [1.807, 2.05) is 12.3 Å². The van der Waals surface area contributed by atoms with Gasteiger partial charge in [0.2, 0.25) is 0 Å². The van der Waals surface area contributed by atoms with Crippen molar-refractivity contribution in [1.82, 2.24) is 15.2 Å². The Labute approximate surface area is 104 Å². The van der Waals surface area contributed by atoms with Crippen molar-refractivity contribution < 1.29 is 0 Å². The summed E-state index contributed by atoms with van der Waals surface area (Å²) in [7, 11) is 0. The van der Waals surface area contributed by atoms with Gasteiger partial charge in [0.1, 0.15) is 0 Å². The van der Waals surface area contributed by atoms with E-state index in [2.05, 4.69) is 41.2 Å². The van der Waals surface area contributed by atoms with Crippen LogP contribution >= 0.6 is 0 Å². The number of pyridine rings is 1. The van der Waals surface area contributed by atoms with Gasteiger partial charge in [0.05, 0.1) is 5.69 Å². The van der Waals surface area contributed by atoms with Crippen LogP contribution in [0.15, 0.2) is 24.4 Å². The standard InChI is InChI=1S/C14H23N3/c1-3-12(2)14-11-17(9-8-16-14)10-13-6-4-5-7-15-13/h4-7,12,14,16H,3,8-11H2,1-2H3. The fourth-order valence-electron chi connectivity index (χ4n) is 2.37. The van der Waals surface area contributed by atoms with Crippen molar-refractivity contribution in [3.05, 3.63) is 30.1 Å². The van der Waals surface area contributed by atoms with Crippen LogP contribution in [0, 0.1) is 5.92 Å². The number of nitrogens with zero attached hydrogens (tertiary/aromatic N) is 2. The lowest BCUT2D eigenvalue weighted by molar-refractivity contribution is 0.161. The first-order valence-corrected chi connectivity index (χ1v) is 6.65. The van der Waals surface area contributed by atoms with E-state index in [4.69, 9.17) is 0 Å². The highest BCUT2D eigenvalue weighted by Crippen LogP contribution is 2.13. The Kier molecular flexibility index (Phi) is 4.51. The number of rotatable bonds is 4. The third kappa shape index (κ3) is 3.51. The maximum Gasteiger partial charge on any atom is 0.0543 e. The molecule has 94 valence electrons. The molecule has 2 heterocycles. The monoisotopic (exact) mass is 233 g/mol. The normalized spacial score (nSPS) is 23.5. The topological polar surface area (TPSA) is 28.2 Å². The van der Waals surface area contributed by atoms with Crippen LogP contribution < -0.4 is 5.32 Å². The van der Waals surface area contributed by atoms with Crippen LogP contribution in [0.3, 0.4) is 0 Å². The van der Waals surface area contributed by atoms with Crippen molar-refractivity contribution in [3.63, 3.8) is 0 Å². The zero-order valence-electron chi connectivity index (χ0n) is 10.9. The third-order valence-electron chi connectivity index (χ3n) is 3.73. The third-order valence-corrected chi connectivity index (χ3v) is 3.73. The Morgan fingerprint density at radius 3 is 3.12 bits per heavy atom. The number of piperazine rings is 1. The van der Waals surface area contributed by atoms with Gasteiger partial charge in [-0.05, 0) is 18.1 Å². The van der Waals surface area contributed by atoms with Crippen LogP contribution in [0.25, 0.3) is 0 Å². The van der Waals surface area contributed by atoms with Crippen LogP contribution in [0.1, 0.15) is 26.0 Å². The van der Waals surface area contributed by atoms with Gasteiger partial charge in [0.25, 0.3) is 0 Å². The van der Waals surface area contributed by atoms with Crippen molar-refractivity contribution in [3.8, 4) is 0 Å². The average Bonchev–Trinajstić information content (AvgIpc) is 2.39. The van der Waals surface area contributed by atoms with E-state index in [-0.39, 0.29) is 0 Å². The lowest BCUT2D eigenvalue weighted by Gasteiger charge is -2.36. The molecule has 0 saturated carbocycles. The molecule has 0 aromatic carbocycles. The van der Waals surface area contributed by atoms with E-state index in [1.54, 1.807) is 0 Å². The predicted octanol–water partition coefficient (Wildman–Crippen LogP) is 1.90. The van der Waals surface area contributed by atoms with Gasteiger partial charge in [-0.25, -0.2) is 0 Å². The molecule has 2 atom stereocenters. The molecular formula is C14H23N3. The second-order valence-electron chi connectivity index (χ2n) is 5.00. The molecule has 0 aliphatic carbocycles. The summed E-state index contributed by atoms with van der Waals surface area (Å²) < 4.78 is 0. The minimum Gasteiger partial charge on any atom is -0.311 e. The second-order valence-corrected chi connectivity index (χ2v) is 5.00. The minimum atomic E-state index is 0.637. The van der Waals surface area contributed by atoms with Crippen molar-refractivity contribution in [2.45, 2.75) is 32.9 Å². The van der Waals surface area contributed by atoms with Gasteiger partial charge in [-0.3, -0.25) is 9.88 Å². The van der Waals surface area contributed by atoms with Crippen LogP contribution in [0.4, 0.5) is 0 Å². The highest BCUT2D eigenvalue weighted by Gasteiger charge is 2.23. The first-order valence-electron chi connectivity index (χ1n) is 6.65. The molecule has 2 rings (SSSR count). The lowest BCUT2D eigenvalue weighted by Crippen LogP contribution is -2.52. The van der Waals surface area contributed by atoms with Gasteiger partial charge in [-0.15, -0.1) is 0 Å². The molecule has 1 aromatic rings. The van der Waals surface area contributed by atoms with Crippen molar-refractivity contribution in [2.24, 2.45) is 5.92 Å². The smallest absolute Gasteiger partial charge is 0.0543 e. The SMILES string of the molecule is CCC(C)C1CN(Cc2ccccn2)CCN1. The first kappa shape index (κ1) is 12.5. The zero-order chi connectivity index (χ0) is 12.1. The molecule has 1 aliphatic rings. The molecule has 17 heavy (non-hydrogen) atoms. The maximum atomic E-state index is 4.40. The van der Waals surface area contributed by atoms with Crippen LogP contribution in [0.2, 0.25) is 0 Å². The Balaban J connectivity index is 1.89. The summed E-state index contributed by atoms with van der Waals surface area (Å²) in [4.78, 5) is 6.91. The molecule has 1 fully saturated rings. The molecule has 2 unspecified atom stereocenters. The molecule has 3 nitrogen and oxygen atoms in total. The fourth-order valence-corrected chi connectivity index (χ4v) is 2.37. The molecule has 1 N–H and O–H groups in total. The van der Waals surface area contributed by atoms with E-state index in [0.717, 1.165) is 32.1 Å². The van der Waals surface area contributed by atoms with Crippen LogP contribution in [-0.2, 0) is 6.54 Å². The maximum absolute atomic E-state index is 4.40. The molecule has 0 radical (unpaired) electrons. The predicted molar refractivity (Wildman–Crippen MR) is 70.8 cm³/mol. The van der Waals surface area contributed by atoms with Gasteiger partial charge in [0, 0.05) is 38.4 Å². The number of hydrogen-bond donors (Lipinski definition) is 1. The Morgan fingerprint density at radius 2 is 2.41 bits per heavy atom. The Bertz CT molecular complexity index is 325. The molecule has 0 spiro atoms. The van der Waals surface area contributed by atoms with Crippen molar-refractivity contribution >= 4 is 0 Å². The van der Waals surface area contributed by atoms with Gasteiger partial charge < -0.3 is 5.32 Å². The van der Waals surface area contributed by atoms with Gasteiger partial charge in [0.15, 0.2) is 0 Å². The summed E-state index contributed by atoms with van der Waals surface area (Å²) in [5.41, 5.74) is 1.18. The minimum absolute atomic E-state index is 0.637. The summed E-state index contributed by atoms with van der Waals surface area (Å²) in [6.07, 6.45) is 3.12. The zero-order valence-corrected chi connectivity index (χ0v) is 10.9. The van der Waals surface area contributed by atoms with E-state index in [0.29, 0.717) is 6.04 Å². The summed E-state index contributed by atoms with van der Waals surface area (Å²) in [6, 6.07) is 6.79. The number of aromatic nitrogens is 1. The average molecular weight is 233 g/mol. The Morgan fingerprint density at radius 1 is 1.53 bits per heavy atom. The molecule has 3 heteroatoms. The molecule has 0 bridgehead atoms. The van der Waals surface area contributed by atoms with Crippen LogP contribution in [0.5, 0.6) is 0 Å². The van der Waals surface area contributed by atoms with E-state index >= 15 is 0 Å². The van der Waals surface area contributed by atoms with E-state index in [9.17, 15) is 0 Å². The molecule has 1 aliphatic heterocycles.